The molecule has 8 rings (SSSR count). The van der Waals surface area contributed by atoms with Crippen molar-refractivity contribution in [3.8, 4) is 16.8 Å². The Morgan fingerprint density at radius 1 is 0.472 bits per heavy atom. The van der Waals surface area contributed by atoms with E-state index in [4.69, 9.17) is 0 Å². The molecule has 0 atom stereocenters. The zero-order chi connectivity index (χ0) is 23.6. The van der Waals surface area contributed by atoms with Crippen molar-refractivity contribution in [2.24, 2.45) is 0 Å². The van der Waals surface area contributed by atoms with Crippen molar-refractivity contribution in [2.75, 3.05) is 0 Å². The van der Waals surface area contributed by atoms with Gasteiger partial charge in [0.15, 0.2) is 0 Å². The summed E-state index contributed by atoms with van der Waals surface area (Å²) < 4.78 is 5.12. The fourth-order valence-corrected chi connectivity index (χ4v) is 6.82. The monoisotopic (exact) mass is 475 g/mol. The van der Waals surface area contributed by atoms with Crippen LogP contribution in [0.2, 0.25) is 0 Å². The van der Waals surface area contributed by atoms with Crippen LogP contribution in [-0.2, 0) is 0 Å². The molecular weight excluding hydrogens is 454 g/mol. The Kier molecular flexibility index (Phi) is 4.16. The molecule has 36 heavy (non-hydrogen) atoms. The average molecular weight is 476 g/mol. The van der Waals surface area contributed by atoms with Gasteiger partial charge < -0.3 is 4.57 Å². The van der Waals surface area contributed by atoms with Crippen molar-refractivity contribution in [2.45, 2.75) is 0 Å². The normalized spacial score (nSPS) is 11.9. The third kappa shape index (κ3) is 2.82. The van der Waals surface area contributed by atoms with Crippen LogP contribution in [-0.4, -0.2) is 4.57 Å². The maximum Gasteiger partial charge on any atom is 0.0634 e. The number of thiophene rings is 1. The zero-order valence-corrected chi connectivity index (χ0v) is 20.3. The minimum absolute atomic E-state index is 1.19. The molecule has 0 aliphatic rings. The number of fused-ring (bicyclic) bond motifs is 8. The fraction of sp³-hybridized carbons (Fsp3) is 0. The molecule has 6 aromatic carbocycles. The van der Waals surface area contributed by atoms with Gasteiger partial charge in [0.25, 0.3) is 0 Å². The first-order chi connectivity index (χ1) is 17.8. The van der Waals surface area contributed by atoms with Crippen LogP contribution in [0, 0.1) is 0 Å². The highest BCUT2D eigenvalue weighted by molar-refractivity contribution is 7.26. The summed E-state index contributed by atoms with van der Waals surface area (Å²) in [5.74, 6) is 0. The first kappa shape index (κ1) is 19.9. The van der Waals surface area contributed by atoms with Gasteiger partial charge >= 0.3 is 0 Å². The number of benzene rings is 6. The Morgan fingerprint density at radius 2 is 1.22 bits per heavy atom. The molecule has 168 valence electrons. The molecule has 2 aromatic heterocycles. The van der Waals surface area contributed by atoms with Crippen molar-refractivity contribution in [1.29, 1.82) is 0 Å². The highest BCUT2D eigenvalue weighted by Crippen LogP contribution is 2.43. The van der Waals surface area contributed by atoms with Gasteiger partial charge in [-0.1, -0.05) is 84.9 Å². The summed E-state index contributed by atoms with van der Waals surface area (Å²) in [6, 6.07) is 46.5. The highest BCUT2D eigenvalue weighted by atomic mass is 32.1. The van der Waals surface area contributed by atoms with E-state index in [1.54, 1.807) is 0 Å². The molecule has 0 unspecified atom stereocenters. The summed E-state index contributed by atoms with van der Waals surface area (Å²) in [6.45, 7) is 0. The molecule has 2 heteroatoms. The van der Waals surface area contributed by atoms with Crippen molar-refractivity contribution >= 4 is 64.1 Å². The summed E-state index contributed by atoms with van der Waals surface area (Å²) in [5, 5.41) is 7.81. The molecule has 0 aliphatic heterocycles. The average Bonchev–Trinajstić information content (AvgIpc) is 3.48. The Hall–Kier alpha value is -4.40. The molecule has 0 amide bonds. The molecule has 0 radical (unpaired) electrons. The van der Waals surface area contributed by atoms with E-state index >= 15 is 0 Å². The van der Waals surface area contributed by atoms with Crippen LogP contribution in [0.15, 0.2) is 127 Å². The topological polar surface area (TPSA) is 4.93 Å². The lowest BCUT2D eigenvalue weighted by Crippen LogP contribution is -1.93. The Labute approximate surface area is 212 Å². The van der Waals surface area contributed by atoms with Crippen LogP contribution in [0.25, 0.3) is 69.6 Å². The Balaban J connectivity index is 1.50. The molecule has 0 N–H and O–H groups in total. The van der Waals surface area contributed by atoms with Crippen LogP contribution in [0.5, 0.6) is 0 Å². The van der Waals surface area contributed by atoms with Gasteiger partial charge in [-0.25, -0.2) is 0 Å². The summed E-state index contributed by atoms with van der Waals surface area (Å²) in [5.41, 5.74) is 6.22. The van der Waals surface area contributed by atoms with E-state index in [1.807, 2.05) is 11.3 Å². The molecule has 1 nitrogen and oxygen atoms in total. The molecule has 2 heterocycles. The van der Waals surface area contributed by atoms with Crippen LogP contribution >= 0.6 is 11.3 Å². The second-order valence-corrected chi connectivity index (χ2v) is 10.5. The molecule has 0 fully saturated rings. The fourth-order valence-electron chi connectivity index (χ4n) is 5.71. The number of aromatic nitrogens is 1. The van der Waals surface area contributed by atoms with Gasteiger partial charge in [-0.3, -0.25) is 0 Å². The summed E-state index contributed by atoms with van der Waals surface area (Å²) in [7, 11) is 0. The molecule has 0 spiro atoms. The maximum absolute atomic E-state index is 2.45. The number of hydrogen-bond acceptors (Lipinski definition) is 1. The molecule has 0 saturated heterocycles. The number of hydrogen-bond donors (Lipinski definition) is 0. The van der Waals surface area contributed by atoms with Gasteiger partial charge in [-0.2, -0.15) is 0 Å². The van der Waals surface area contributed by atoms with Crippen molar-refractivity contribution in [3.63, 3.8) is 0 Å². The van der Waals surface area contributed by atoms with Gasteiger partial charge in [-0.15, -0.1) is 11.3 Å². The molecule has 0 saturated carbocycles. The molecule has 8 aromatic rings. The molecule has 0 aliphatic carbocycles. The van der Waals surface area contributed by atoms with E-state index in [9.17, 15) is 0 Å². The van der Waals surface area contributed by atoms with Crippen LogP contribution in [0.3, 0.4) is 0 Å². The smallest absolute Gasteiger partial charge is 0.0634 e. The van der Waals surface area contributed by atoms with E-state index in [1.165, 1.54) is 69.6 Å². The van der Waals surface area contributed by atoms with Gasteiger partial charge in [0, 0.05) is 36.6 Å². The van der Waals surface area contributed by atoms with Crippen molar-refractivity contribution in [1.82, 2.24) is 4.57 Å². The Bertz CT molecular complexity index is 2090. The lowest BCUT2D eigenvalue weighted by molar-refractivity contribution is 1.19. The third-order valence-corrected chi connectivity index (χ3v) is 8.50. The Morgan fingerprint density at radius 3 is 2.14 bits per heavy atom. The van der Waals surface area contributed by atoms with Gasteiger partial charge in [-0.05, 0) is 64.4 Å². The highest BCUT2D eigenvalue weighted by Gasteiger charge is 2.18. The second kappa shape index (κ2) is 7.55. The minimum Gasteiger partial charge on any atom is -0.309 e. The van der Waals surface area contributed by atoms with Crippen LogP contribution in [0.4, 0.5) is 0 Å². The first-order valence-electron chi connectivity index (χ1n) is 12.3. The number of nitrogens with zero attached hydrogens (tertiary/aromatic N) is 1. The van der Waals surface area contributed by atoms with E-state index in [2.05, 4.69) is 132 Å². The van der Waals surface area contributed by atoms with Gasteiger partial charge in [0.05, 0.1) is 11.0 Å². The predicted molar refractivity (Wildman–Crippen MR) is 157 cm³/mol. The number of rotatable bonds is 2. The van der Waals surface area contributed by atoms with E-state index in [-0.39, 0.29) is 0 Å². The largest absolute Gasteiger partial charge is 0.309 e. The minimum atomic E-state index is 1.19. The molecule has 0 bridgehead atoms. The summed E-state index contributed by atoms with van der Waals surface area (Å²) in [4.78, 5) is 0. The summed E-state index contributed by atoms with van der Waals surface area (Å²) >= 11 is 1.88. The van der Waals surface area contributed by atoms with E-state index in [0.29, 0.717) is 0 Å². The first-order valence-corrected chi connectivity index (χ1v) is 13.1. The maximum atomic E-state index is 2.45. The lowest BCUT2D eigenvalue weighted by Gasteiger charge is -2.09. The van der Waals surface area contributed by atoms with Gasteiger partial charge in [0.1, 0.15) is 0 Å². The predicted octanol–water partition coefficient (Wildman–Crippen LogP) is 9.97. The third-order valence-electron chi connectivity index (χ3n) is 7.36. The lowest BCUT2D eigenvalue weighted by atomic mass is 9.99. The SMILES string of the molecule is c1ccc(-n2c3ccc(-c4ccc5ccccc5c4)cc3c3ccc4sc5ccccc5c4c32)cc1. The van der Waals surface area contributed by atoms with Crippen molar-refractivity contribution in [3.05, 3.63) is 127 Å². The van der Waals surface area contributed by atoms with Crippen molar-refractivity contribution < 1.29 is 0 Å². The van der Waals surface area contributed by atoms with Crippen LogP contribution in [0.1, 0.15) is 0 Å². The zero-order valence-electron chi connectivity index (χ0n) is 19.5. The van der Waals surface area contributed by atoms with E-state index < -0.39 is 0 Å². The second-order valence-electron chi connectivity index (χ2n) is 9.40. The quantitative estimate of drug-likeness (QED) is 0.234. The molecular formula is C34H21NS. The van der Waals surface area contributed by atoms with Crippen LogP contribution < -0.4 is 0 Å². The number of para-hydroxylation sites is 1. The summed E-state index contributed by atoms with van der Waals surface area (Å²) in [6.07, 6.45) is 0. The van der Waals surface area contributed by atoms with Gasteiger partial charge in [0.2, 0.25) is 0 Å². The standard InChI is InChI=1S/C34H21NS/c1-2-10-26(11-3-1)35-30-18-16-25(24-15-14-22-8-4-5-9-23(22)20-24)21-29(30)27-17-19-32-33(34(27)35)28-12-6-7-13-31(28)36-32/h1-21H. The van der Waals surface area contributed by atoms with E-state index in [0.717, 1.165) is 0 Å².